The first kappa shape index (κ1) is 12.6. The summed E-state index contributed by atoms with van der Waals surface area (Å²) in [5.41, 5.74) is 7.83. The first-order chi connectivity index (χ1) is 9.26. The third-order valence-electron chi connectivity index (χ3n) is 4.57. The molecular weight excluding hydrogens is 236 g/mol. The molecule has 3 nitrogen and oxygen atoms in total. The molecule has 0 amide bonds. The van der Waals surface area contributed by atoms with Crippen LogP contribution in [0.4, 0.5) is 11.4 Å². The Morgan fingerprint density at radius 1 is 1.32 bits per heavy atom. The van der Waals surface area contributed by atoms with E-state index in [1.54, 1.807) is 0 Å². The van der Waals surface area contributed by atoms with E-state index in [0.29, 0.717) is 6.04 Å². The quantitative estimate of drug-likeness (QED) is 0.794. The molecule has 2 aliphatic carbocycles. The van der Waals surface area contributed by atoms with Crippen molar-refractivity contribution in [3.63, 3.8) is 0 Å². The summed E-state index contributed by atoms with van der Waals surface area (Å²) in [6, 6.07) is 6.72. The summed E-state index contributed by atoms with van der Waals surface area (Å²) in [6.45, 7) is 2.83. The van der Waals surface area contributed by atoms with Crippen LogP contribution in [0.25, 0.3) is 0 Å². The topological polar surface area (TPSA) is 47.3 Å². The molecule has 2 aliphatic rings. The predicted octanol–water partition coefficient (Wildman–Crippen LogP) is 3.66. The SMILES string of the molecule is CCCOc1cc(NC2CC3CCC2C3)ccc1N. The molecule has 0 spiro atoms. The fourth-order valence-electron chi connectivity index (χ4n) is 3.60. The van der Waals surface area contributed by atoms with Crippen LogP contribution in [0.15, 0.2) is 18.2 Å². The van der Waals surface area contributed by atoms with Crippen molar-refractivity contribution in [1.82, 2.24) is 0 Å². The second kappa shape index (κ2) is 5.32. The third kappa shape index (κ3) is 2.65. The van der Waals surface area contributed by atoms with E-state index in [1.807, 2.05) is 6.07 Å². The molecule has 104 valence electrons. The van der Waals surface area contributed by atoms with E-state index in [2.05, 4.69) is 24.4 Å². The van der Waals surface area contributed by atoms with Crippen LogP contribution in [-0.2, 0) is 0 Å². The van der Waals surface area contributed by atoms with Crippen LogP contribution in [0.3, 0.4) is 0 Å². The van der Waals surface area contributed by atoms with Gasteiger partial charge in [0.2, 0.25) is 0 Å². The molecule has 1 aromatic rings. The van der Waals surface area contributed by atoms with E-state index < -0.39 is 0 Å². The van der Waals surface area contributed by atoms with E-state index in [0.717, 1.165) is 42.0 Å². The zero-order valence-electron chi connectivity index (χ0n) is 11.7. The van der Waals surface area contributed by atoms with E-state index in [-0.39, 0.29) is 0 Å². The average molecular weight is 260 g/mol. The largest absolute Gasteiger partial charge is 0.491 e. The van der Waals surface area contributed by atoms with Gasteiger partial charge in [0.25, 0.3) is 0 Å². The van der Waals surface area contributed by atoms with E-state index >= 15 is 0 Å². The van der Waals surface area contributed by atoms with Gasteiger partial charge in [0, 0.05) is 17.8 Å². The lowest BCUT2D eigenvalue weighted by Gasteiger charge is -2.24. The highest BCUT2D eigenvalue weighted by molar-refractivity contribution is 5.61. The first-order valence-corrected chi connectivity index (χ1v) is 7.55. The smallest absolute Gasteiger partial charge is 0.144 e. The number of benzene rings is 1. The number of hydrogen-bond donors (Lipinski definition) is 2. The molecule has 3 unspecified atom stereocenters. The van der Waals surface area contributed by atoms with Crippen molar-refractivity contribution in [3.05, 3.63) is 18.2 Å². The Labute approximate surface area is 115 Å². The van der Waals surface area contributed by atoms with Crippen LogP contribution in [0.1, 0.15) is 39.0 Å². The maximum atomic E-state index is 5.95. The van der Waals surface area contributed by atoms with Gasteiger partial charge in [-0.2, -0.15) is 0 Å². The Morgan fingerprint density at radius 3 is 2.89 bits per heavy atom. The van der Waals surface area contributed by atoms with E-state index in [4.69, 9.17) is 10.5 Å². The number of hydrogen-bond acceptors (Lipinski definition) is 3. The molecule has 1 aromatic carbocycles. The summed E-state index contributed by atoms with van der Waals surface area (Å²) in [5, 5.41) is 3.68. The van der Waals surface area contributed by atoms with Crippen LogP contribution in [0.2, 0.25) is 0 Å². The number of rotatable bonds is 5. The molecule has 3 N–H and O–H groups in total. The molecule has 0 aromatic heterocycles. The van der Waals surface area contributed by atoms with E-state index in [1.165, 1.54) is 25.7 Å². The minimum absolute atomic E-state index is 0.654. The van der Waals surface area contributed by atoms with Crippen molar-refractivity contribution >= 4 is 11.4 Å². The predicted molar refractivity (Wildman–Crippen MR) is 79.5 cm³/mol. The molecule has 3 atom stereocenters. The molecule has 3 heteroatoms. The van der Waals surface area contributed by atoms with Crippen LogP contribution in [0.5, 0.6) is 5.75 Å². The van der Waals surface area contributed by atoms with Gasteiger partial charge < -0.3 is 15.8 Å². The Morgan fingerprint density at radius 2 is 2.21 bits per heavy atom. The van der Waals surface area contributed by atoms with Gasteiger partial charge in [-0.15, -0.1) is 0 Å². The highest BCUT2D eigenvalue weighted by Crippen LogP contribution is 2.45. The van der Waals surface area contributed by atoms with Crippen molar-refractivity contribution in [2.24, 2.45) is 11.8 Å². The molecule has 0 radical (unpaired) electrons. The minimum atomic E-state index is 0.654. The summed E-state index contributed by atoms with van der Waals surface area (Å²) in [5.74, 6) is 2.66. The second-order valence-electron chi connectivity index (χ2n) is 6.03. The van der Waals surface area contributed by atoms with Crippen LogP contribution in [0, 0.1) is 11.8 Å². The Bertz CT molecular complexity index is 446. The molecule has 0 heterocycles. The van der Waals surface area contributed by atoms with Gasteiger partial charge in [-0.05, 0) is 49.7 Å². The van der Waals surface area contributed by atoms with Gasteiger partial charge in [-0.3, -0.25) is 0 Å². The molecule has 19 heavy (non-hydrogen) atoms. The number of nitrogens with two attached hydrogens (primary N) is 1. The maximum Gasteiger partial charge on any atom is 0.144 e. The third-order valence-corrected chi connectivity index (χ3v) is 4.57. The summed E-state index contributed by atoms with van der Waals surface area (Å²) in [4.78, 5) is 0. The monoisotopic (exact) mass is 260 g/mol. The molecule has 2 bridgehead atoms. The first-order valence-electron chi connectivity index (χ1n) is 7.55. The number of anilines is 2. The second-order valence-corrected chi connectivity index (χ2v) is 6.03. The zero-order valence-corrected chi connectivity index (χ0v) is 11.7. The summed E-state index contributed by atoms with van der Waals surface area (Å²) >= 11 is 0. The Balaban J connectivity index is 1.67. The maximum absolute atomic E-state index is 5.95. The number of nitrogen functional groups attached to an aromatic ring is 1. The van der Waals surface area contributed by atoms with Gasteiger partial charge in [-0.25, -0.2) is 0 Å². The van der Waals surface area contributed by atoms with Crippen molar-refractivity contribution in [2.45, 2.75) is 45.1 Å². The zero-order chi connectivity index (χ0) is 13.2. The molecule has 0 saturated heterocycles. The van der Waals surface area contributed by atoms with Gasteiger partial charge in [-0.1, -0.05) is 13.3 Å². The lowest BCUT2D eigenvalue weighted by molar-refractivity contribution is 0.319. The number of ether oxygens (including phenoxy) is 1. The highest BCUT2D eigenvalue weighted by atomic mass is 16.5. The molecular formula is C16H24N2O. The Kier molecular flexibility index (Phi) is 3.54. The van der Waals surface area contributed by atoms with Gasteiger partial charge in [0.05, 0.1) is 12.3 Å². The molecule has 2 fully saturated rings. The van der Waals surface area contributed by atoms with Crippen molar-refractivity contribution < 1.29 is 4.74 Å². The lowest BCUT2D eigenvalue weighted by atomic mass is 9.95. The number of nitrogens with one attached hydrogen (secondary N) is 1. The number of fused-ring (bicyclic) bond motifs is 2. The fraction of sp³-hybridized carbons (Fsp3) is 0.625. The highest BCUT2D eigenvalue weighted by Gasteiger charge is 2.39. The van der Waals surface area contributed by atoms with Gasteiger partial charge in [0.15, 0.2) is 0 Å². The molecule has 2 saturated carbocycles. The van der Waals surface area contributed by atoms with Crippen molar-refractivity contribution in [3.8, 4) is 5.75 Å². The Hall–Kier alpha value is -1.38. The lowest BCUT2D eigenvalue weighted by Crippen LogP contribution is -2.25. The van der Waals surface area contributed by atoms with Gasteiger partial charge in [0.1, 0.15) is 5.75 Å². The normalized spacial score (nSPS) is 28.6. The molecule has 0 aliphatic heterocycles. The van der Waals surface area contributed by atoms with Crippen LogP contribution >= 0.6 is 0 Å². The van der Waals surface area contributed by atoms with Crippen LogP contribution in [-0.4, -0.2) is 12.6 Å². The summed E-state index contributed by atoms with van der Waals surface area (Å²) in [7, 11) is 0. The average Bonchev–Trinajstić information content (AvgIpc) is 3.01. The van der Waals surface area contributed by atoms with E-state index in [9.17, 15) is 0 Å². The van der Waals surface area contributed by atoms with Crippen LogP contribution < -0.4 is 15.8 Å². The summed E-state index contributed by atoms with van der Waals surface area (Å²) in [6.07, 6.45) is 6.60. The minimum Gasteiger partial charge on any atom is -0.491 e. The fourth-order valence-corrected chi connectivity index (χ4v) is 3.60. The molecule has 3 rings (SSSR count). The van der Waals surface area contributed by atoms with Crippen molar-refractivity contribution in [1.29, 1.82) is 0 Å². The summed E-state index contributed by atoms with van der Waals surface area (Å²) < 4.78 is 5.69. The van der Waals surface area contributed by atoms with Crippen molar-refractivity contribution in [2.75, 3.05) is 17.7 Å². The standard InChI is InChI=1S/C16H24N2O/c1-2-7-19-16-10-13(5-6-14(16)17)18-15-9-11-3-4-12(15)8-11/h5-6,10-12,15,18H,2-4,7-9,17H2,1H3. The van der Waals surface area contributed by atoms with Gasteiger partial charge >= 0.3 is 0 Å².